The van der Waals surface area contributed by atoms with E-state index in [1.54, 1.807) is 0 Å². The summed E-state index contributed by atoms with van der Waals surface area (Å²) in [6.45, 7) is 7.27. The van der Waals surface area contributed by atoms with Gasteiger partial charge in [0.25, 0.3) is 0 Å². The minimum atomic E-state index is 0.712. The Morgan fingerprint density at radius 1 is 0.947 bits per heavy atom. The van der Waals surface area contributed by atoms with E-state index in [1.165, 1.54) is 38.5 Å². The normalized spacial score (nSPS) is 43.1. The van der Waals surface area contributed by atoms with Crippen molar-refractivity contribution in [3.8, 4) is 0 Å². The van der Waals surface area contributed by atoms with Crippen molar-refractivity contribution in [1.29, 1.82) is 0 Å². The summed E-state index contributed by atoms with van der Waals surface area (Å²) in [7, 11) is 0. The van der Waals surface area contributed by atoms with E-state index in [2.05, 4.69) is 38.2 Å². The Kier molecular flexibility index (Phi) is 4.03. The fourth-order valence-corrected chi connectivity index (χ4v) is 5.02. The van der Waals surface area contributed by atoms with Crippen LogP contribution >= 0.6 is 0 Å². The minimum Gasteiger partial charge on any atom is -0.311 e. The Bertz CT molecular complexity index is 333. The molecule has 2 saturated carbocycles. The maximum atomic E-state index is 4.04. The van der Waals surface area contributed by atoms with E-state index in [0.717, 1.165) is 35.6 Å². The maximum Gasteiger partial charge on any atom is 0.0100 e. The second-order valence-corrected chi connectivity index (χ2v) is 7.70. The van der Waals surface area contributed by atoms with Gasteiger partial charge in [-0.3, -0.25) is 0 Å². The molecule has 108 valence electrons. The monoisotopic (exact) mass is 261 g/mol. The lowest BCUT2D eigenvalue weighted by Gasteiger charge is -2.39. The van der Waals surface area contributed by atoms with Crippen LogP contribution in [0.1, 0.15) is 59.3 Å². The average molecular weight is 261 g/mol. The fourth-order valence-electron chi connectivity index (χ4n) is 5.02. The highest BCUT2D eigenvalue weighted by Crippen LogP contribution is 2.45. The molecule has 0 radical (unpaired) electrons. The SMILES string of the molecule is CC(C)C1CCCCC1NC(C)C1CC2C=CC1C2. The summed E-state index contributed by atoms with van der Waals surface area (Å²) in [5, 5.41) is 4.04. The van der Waals surface area contributed by atoms with Gasteiger partial charge in [0.05, 0.1) is 0 Å². The summed E-state index contributed by atoms with van der Waals surface area (Å²) in [5.74, 6) is 4.44. The molecule has 6 atom stereocenters. The van der Waals surface area contributed by atoms with Crippen molar-refractivity contribution in [3.63, 3.8) is 0 Å². The van der Waals surface area contributed by atoms with Crippen molar-refractivity contribution in [1.82, 2.24) is 5.32 Å². The zero-order valence-corrected chi connectivity index (χ0v) is 12.9. The number of hydrogen-bond acceptors (Lipinski definition) is 1. The molecule has 3 rings (SSSR count). The van der Waals surface area contributed by atoms with E-state index >= 15 is 0 Å². The quantitative estimate of drug-likeness (QED) is 0.740. The van der Waals surface area contributed by atoms with Crippen LogP contribution in [0.15, 0.2) is 12.2 Å². The summed E-state index contributed by atoms with van der Waals surface area (Å²) < 4.78 is 0. The predicted octanol–water partition coefficient (Wildman–Crippen LogP) is 4.39. The van der Waals surface area contributed by atoms with Gasteiger partial charge in [-0.2, -0.15) is 0 Å². The van der Waals surface area contributed by atoms with Crippen LogP contribution in [0, 0.1) is 29.6 Å². The predicted molar refractivity (Wildman–Crippen MR) is 82.0 cm³/mol. The summed E-state index contributed by atoms with van der Waals surface area (Å²) in [6.07, 6.45) is 13.6. The molecule has 1 nitrogen and oxygen atoms in total. The molecule has 2 fully saturated rings. The zero-order valence-electron chi connectivity index (χ0n) is 12.9. The topological polar surface area (TPSA) is 12.0 Å². The first-order chi connectivity index (χ1) is 9.15. The summed E-state index contributed by atoms with van der Waals surface area (Å²) >= 11 is 0. The highest BCUT2D eigenvalue weighted by atomic mass is 15.0. The van der Waals surface area contributed by atoms with Gasteiger partial charge in [-0.1, -0.05) is 38.8 Å². The van der Waals surface area contributed by atoms with Crippen molar-refractivity contribution in [2.45, 2.75) is 71.4 Å². The number of fused-ring (bicyclic) bond motifs is 2. The third kappa shape index (κ3) is 2.77. The summed E-state index contributed by atoms with van der Waals surface area (Å²) in [4.78, 5) is 0. The van der Waals surface area contributed by atoms with Gasteiger partial charge in [-0.15, -0.1) is 0 Å². The average Bonchev–Trinajstić information content (AvgIpc) is 3.01. The van der Waals surface area contributed by atoms with Crippen molar-refractivity contribution in [3.05, 3.63) is 12.2 Å². The molecule has 2 bridgehead atoms. The van der Waals surface area contributed by atoms with Crippen molar-refractivity contribution in [2.75, 3.05) is 0 Å². The van der Waals surface area contributed by atoms with Crippen molar-refractivity contribution < 1.29 is 0 Å². The first-order valence-electron chi connectivity index (χ1n) is 8.59. The molecule has 0 aromatic rings. The van der Waals surface area contributed by atoms with Gasteiger partial charge in [0.2, 0.25) is 0 Å². The molecule has 0 aromatic carbocycles. The van der Waals surface area contributed by atoms with Crippen LogP contribution in [0.3, 0.4) is 0 Å². The lowest BCUT2D eigenvalue weighted by molar-refractivity contribution is 0.174. The molecule has 3 aliphatic rings. The lowest BCUT2D eigenvalue weighted by atomic mass is 9.76. The van der Waals surface area contributed by atoms with Gasteiger partial charge >= 0.3 is 0 Å². The molecule has 19 heavy (non-hydrogen) atoms. The molecule has 0 aliphatic heterocycles. The molecule has 1 N–H and O–H groups in total. The molecule has 3 aliphatic carbocycles. The van der Waals surface area contributed by atoms with Gasteiger partial charge in [0.15, 0.2) is 0 Å². The summed E-state index contributed by atoms with van der Waals surface area (Å²) in [5.41, 5.74) is 0. The molecule has 6 unspecified atom stereocenters. The minimum absolute atomic E-state index is 0.712. The van der Waals surface area contributed by atoms with E-state index in [0.29, 0.717) is 6.04 Å². The Balaban J connectivity index is 1.59. The molecular formula is C18H31N. The van der Waals surface area contributed by atoms with Crippen LogP contribution in [0.2, 0.25) is 0 Å². The molecule has 1 heteroatoms. The largest absolute Gasteiger partial charge is 0.311 e. The number of rotatable bonds is 4. The Labute approximate surface area is 119 Å². The highest BCUT2D eigenvalue weighted by Gasteiger charge is 2.39. The maximum absolute atomic E-state index is 4.04. The molecule has 0 amide bonds. The van der Waals surface area contributed by atoms with Gasteiger partial charge in [-0.05, 0) is 62.2 Å². The van der Waals surface area contributed by atoms with E-state index < -0.39 is 0 Å². The second-order valence-electron chi connectivity index (χ2n) is 7.70. The smallest absolute Gasteiger partial charge is 0.0100 e. The third-order valence-electron chi connectivity index (χ3n) is 6.13. The molecule has 0 saturated heterocycles. The Morgan fingerprint density at radius 2 is 1.74 bits per heavy atom. The molecule has 0 spiro atoms. The van der Waals surface area contributed by atoms with E-state index in [-0.39, 0.29) is 0 Å². The number of nitrogens with one attached hydrogen (secondary N) is 1. The first-order valence-corrected chi connectivity index (χ1v) is 8.59. The van der Waals surface area contributed by atoms with E-state index in [4.69, 9.17) is 0 Å². The van der Waals surface area contributed by atoms with Crippen molar-refractivity contribution >= 4 is 0 Å². The zero-order chi connectivity index (χ0) is 13.4. The van der Waals surface area contributed by atoms with Gasteiger partial charge in [-0.25, -0.2) is 0 Å². The van der Waals surface area contributed by atoms with Crippen LogP contribution < -0.4 is 5.32 Å². The lowest BCUT2D eigenvalue weighted by Crippen LogP contribution is -2.48. The van der Waals surface area contributed by atoms with E-state index in [1.807, 2.05) is 0 Å². The highest BCUT2D eigenvalue weighted by molar-refractivity contribution is 5.11. The number of hydrogen-bond donors (Lipinski definition) is 1. The Hall–Kier alpha value is -0.300. The van der Waals surface area contributed by atoms with Gasteiger partial charge in [0.1, 0.15) is 0 Å². The van der Waals surface area contributed by atoms with Crippen LogP contribution in [0.25, 0.3) is 0 Å². The second kappa shape index (κ2) is 5.60. The summed E-state index contributed by atoms with van der Waals surface area (Å²) in [6, 6.07) is 1.50. The molecular weight excluding hydrogens is 230 g/mol. The van der Waals surface area contributed by atoms with Crippen LogP contribution in [-0.4, -0.2) is 12.1 Å². The third-order valence-corrected chi connectivity index (χ3v) is 6.13. The van der Waals surface area contributed by atoms with Crippen LogP contribution in [0.4, 0.5) is 0 Å². The van der Waals surface area contributed by atoms with Crippen LogP contribution in [0.5, 0.6) is 0 Å². The Morgan fingerprint density at radius 3 is 2.37 bits per heavy atom. The van der Waals surface area contributed by atoms with Crippen molar-refractivity contribution in [2.24, 2.45) is 29.6 Å². The van der Waals surface area contributed by atoms with Gasteiger partial charge < -0.3 is 5.32 Å². The molecule has 0 aromatic heterocycles. The van der Waals surface area contributed by atoms with Crippen LogP contribution in [-0.2, 0) is 0 Å². The van der Waals surface area contributed by atoms with E-state index in [9.17, 15) is 0 Å². The fraction of sp³-hybridized carbons (Fsp3) is 0.889. The first kappa shape index (κ1) is 13.7. The standard InChI is InChI=1S/C18H31N/c1-12(2)16-6-4-5-7-18(16)19-13(3)17-11-14-8-9-15(17)10-14/h8-9,12-19H,4-7,10-11H2,1-3H3. The van der Waals surface area contributed by atoms with Gasteiger partial charge in [0, 0.05) is 12.1 Å². The molecule has 0 heterocycles. The number of allylic oxidation sites excluding steroid dienone is 2.